The summed E-state index contributed by atoms with van der Waals surface area (Å²) in [6, 6.07) is 13.5. The molecule has 7 nitrogen and oxygen atoms in total. The van der Waals surface area contributed by atoms with E-state index in [-0.39, 0.29) is 18.3 Å². The summed E-state index contributed by atoms with van der Waals surface area (Å²) in [6.07, 6.45) is -1.93. The molecular formula is C23H25NO6. The normalized spacial score (nSPS) is 16.3. The van der Waals surface area contributed by atoms with E-state index in [1.165, 1.54) is 6.92 Å². The fourth-order valence-electron chi connectivity index (χ4n) is 2.71. The molecule has 0 saturated heterocycles. The van der Waals surface area contributed by atoms with Crippen molar-refractivity contribution in [3.63, 3.8) is 0 Å². The molecule has 7 heteroatoms. The largest absolute Gasteiger partial charge is 0.485 e. The van der Waals surface area contributed by atoms with Crippen LogP contribution >= 0.6 is 0 Å². The zero-order chi connectivity index (χ0) is 21.9. The van der Waals surface area contributed by atoms with Crippen molar-refractivity contribution in [1.82, 2.24) is 0 Å². The quantitative estimate of drug-likeness (QED) is 0.597. The van der Waals surface area contributed by atoms with Crippen molar-refractivity contribution < 1.29 is 28.6 Å². The third kappa shape index (κ3) is 4.97. The van der Waals surface area contributed by atoms with E-state index in [1.807, 2.05) is 20.8 Å². The first-order valence-corrected chi connectivity index (χ1v) is 9.70. The second-order valence-electron chi connectivity index (χ2n) is 8.09. The molecule has 2 aromatic carbocycles. The number of amides is 1. The highest BCUT2D eigenvalue weighted by molar-refractivity contribution is 6.01. The Labute approximate surface area is 175 Å². The number of para-hydroxylation sites is 2. The fourth-order valence-corrected chi connectivity index (χ4v) is 2.71. The predicted molar refractivity (Wildman–Crippen MR) is 111 cm³/mol. The van der Waals surface area contributed by atoms with Gasteiger partial charge in [0.1, 0.15) is 6.61 Å². The first-order chi connectivity index (χ1) is 14.1. The van der Waals surface area contributed by atoms with E-state index in [9.17, 15) is 14.4 Å². The molecule has 3 rings (SSSR count). The molecule has 2 atom stereocenters. The number of rotatable bonds is 5. The molecule has 30 heavy (non-hydrogen) atoms. The van der Waals surface area contributed by atoms with E-state index in [1.54, 1.807) is 48.5 Å². The Morgan fingerprint density at radius 2 is 1.67 bits per heavy atom. The number of carbonyl (C=O) groups excluding carboxylic acids is 3. The van der Waals surface area contributed by atoms with Crippen molar-refractivity contribution >= 4 is 23.3 Å². The Morgan fingerprint density at radius 1 is 1.03 bits per heavy atom. The van der Waals surface area contributed by atoms with E-state index in [4.69, 9.17) is 14.2 Å². The van der Waals surface area contributed by atoms with Gasteiger partial charge in [-0.15, -0.1) is 0 Å². The number of ether oxygens (including phenoxy) is 3. The van der Waals surface area contributed by atoms with Gasteiger partial charge in [0.15, 0.2) is 17.6 Å². The van der Waals surface area contributed by atoms with Crippen LogP contribution in [-0.4, -0.2) is 36.5 Å². The Kier molecular flexibility index (Phi) is 6.10. The summed E-state index contributed by atoms with van der Waals surface area (Å²) in [7, 11) is 0. The van der Waals surface area contributed by atoms with Crippen LogP contribution in [0.5, 0.6) is 11.5 Å². The smallest absolute Gasteiger partial charge is 0.351 e. The van der Waals surface area contributed by atoms with Gasteiger partial charge in [-0.05, 0) is 43.3 Å². The molecule has 1 aliphatic rings. The molecule has 0 saturated carbocycles. The molecule has 0 aliphatic carbocycles. The Hall–Kier alpha value is -3.35. The van der Waals surface area contributed by atoms with Crippen molar-refractivity contribution in [2.75, 3.05) is 11.9 Å². The molecular weight excluding hydrogens is 386 g/mol. The molecule has 1 amide bonds. The summed E-state index contributed by atoms with van der Waals surface area (Å²) in [5.41, 5.74) is 0.431. The molecule has 0 spiro atoms. The van der Waals surface area contributed by atoms with Gasteiger partial charge in [-0.2, -0.15) is 0 Å². The summed E-state index contributed by atoms with van der Waals surface area (Å²) >= 11 is 0. The van der Waals surface area contributed by atoms with Crippen LogP contribution in [0.1, 0.15) is 38.1 Å². The highest BCUT2D eigenvalue weighted by atomic mass is 16.6. The summed E-state index contributed by atoms with van der Waals surface area (Å²) in [5, 5.41) is 2.79. The van der Waals surface area contributed by atoms with Gasteiger partial charge in [0.25, 0.3) is 0 Å². The zero-order valence-corrected chi connectivity index (χ0v) is 17.4. The minimum Gasteiger partial charge on any atom is -0.485 e. The number of esters is 1. The Morgan fingerprint density at radius 3 is 2.30 bits per heavy atom. The number of carbonyl (C=O) groups is 3. The molecule has 0 fully saturated rings. The molecule has 0 radical (unpaired) electrons. The lowest BCUT2D eigenvalue weighted by Crippen LogP contribution is -2.40. The van der Waals surface area contributed by atoms with Crippen LogP contribution in [0.3, 0.4) is 0 Å². The average molecular weight is 411 g/mol. The topological polar surface area (TPSA) is 90.9 Å². The van der Waals surface area contributed by atoms with E-state index in [0.29, 0.717) is 22.7 Å². The van der Waals surface area contributed by atoms with Crippen molar-refractivity contribution in [2.45, 2.75) is 39.9 Å². The number of Topliss-reactive ketones (excluding diaryl/α,β-unsaturated/α-hetero) is 1. The van der Waals surface area contributed by atoms with Crippen molar-refractivity contribution in [3.8, 4) is 11.5 Å². The first kappa shape index (κ1) is 21.4. The summed E-state index contributed by atoms with van der Waals surface area (Å²) in [4.78, 5) is 37.1. The standard InChI is InChI=1S/C23H25NO6/c1-14(29-21(26)19-13-28-17-7-5-6-8-18(17)30-19)20(25)15-9-11-16(12-10-15)24-22(27)23(2,3)4/h5-12,14,19H,13H2,1-4H3,(H,24,27)/t14-,19+/m0/s1. The molecule has 2 aromatic rings. The van der Waals surface area contributed by atoms with Crippen molar-refractivity contribution in [2.24, 2.45) is 5.41 Å². The molecule has 0 bridgehead atoms. The number of hydrogen-bond acceptors (Lipinski definition) is 6. The lowest BCUT2D eigenvalue weighted by Gasteiger charge is -2.25. The number of nitrogens with one attached hydrogen (secondary N) is 1. The number of fused-ring (bicyclic) bond motifs is 1. The van der Waals surface area contributed by atoms with Crippen LogP contribution < -0.4 is 14.8 Å². The van der Waals surface area contributed by atoms with Crippen molar-refractivity contribution in [3.05, 3.63) is 54.1 Å². The highest BCUT2D eigenvalue weighted by Gasteiger charge is 2.31. The van der Waals surface area contributed by atoms with Crippen LogP contribution in [0.4, 0.5) is 5.69 Å². The number of benzene rings is 2. The highest BCUT2D eigenvalue weighted by Crippen LogP contribution is 2.31. The maximum Gasteiger partial charge on any atom is 0.351 e. The summed E-state index contributed by atoms with van der Waals surface area (Å²) in [5.74, 6) is -0.129. The maximum absolute atomic E-state index is 12.6. The van der Waals surface area contributed by atoms with Crippen LogP contribution in [0.25, 0.3) is 0 Å². The lowest BCUT2D eigenvalue weighted by molar-refractivity contribution is -0.157. The number of anilines is 1. The van der Waals surface area contributed by atoms with E-state index in [0.717, 1.165) is 0 Å². The second-order valence-corrected chi connectivity index (χ2v) is 8.09. The van der Waals surface area contributed by atoms with Gasteiger partial charge in [-0.1, -0.05) is 32.9 Å². The minimum atomic E-state index is -0.992. The Balaban J connectivity index is 1.58. The van der Waals surface area contributed by atoms with Crippen LogP contribution in [0.15, 0.2) is 48.5 Å². The minimum absolute atomic E-state index is 0.0128. The third-order valence-electron chi connectivity index (χ3n) is 4.54. The Bertz CT molecular complexity index is 945. The predicted octanol–water partition coefficient (Wildman–Crippen LogP) is 3.63. The van der Waals surface area contributed by atoms with Gasteiger partial charge in [0, 0.05) is 16.7 Å². The number of hydrogen-bond donors (Lipinski definition) is 1. The maximum atomic E-state index is 12.6. The van der Waals surface area contributed by atoms with E-state index < -0.39 is 23.6 Å². The molecule has 1 heterocycles. The number of ketones is 1. The molecule has 0 unspecified atom stereocenters. The molecule has 0 aromatic heterocycles. The lowest BCUT2D eigenvalue weighted by atomic mass is 9.95. The SMILES string of the molecule is C[C@H](OC(=O)[C@H]1COc2ccccc2O1)C(=O)c1ccc(NC(=O)C(C)(C)C)cc1. The summed E-state index contributed by atoms with van der Waals surface area (Å²) in [6.45, 7) is 6.97. The van der Waals surface area contributed by atoms with Gasteiger partial charge < -0.3 is 19.5 Å². The first-order valence-electron chi connectivity index (χ1n) is 9.70. The van der Waals surface area contributed by atoms with Crippen LogP contribution in [0.2, 0.25) is 0 Å². The monoisotopic (exact) mass is 411 g/mol. The second kappa shape index (κ2) is 8.57. The van der Waals surface area contributed by atoms with Gasteiger partial charge in [-0.25, -0.2) is 4.79 Å². The van der Waals surface area contributed by atoms with E-state index in [2.05, 4.69) is 5.32 Å². The average Bonchev–Trinajstić information content (AvgIpc) is 2.72. The zero-order valence-electron chi connectivity index (χ0n) is 17.4. The van der Waals surface area contributed by atoms with Gasteiger partial charge >= 0.3 is 5.97 Å². The van der Waals surface area contributed by atoms with Gasteiger partial charge in [0.05, 0.1) is 0 Å². The van der Waals surface area contributed by atoms with Crippen LogP contribution in [-0.2, 0) is 14.3 Å². The molecule has 1 N–H and O–H groups in total. The third-order valence-corrected chi connectivity index (χ3v) is 4.54. The molecule has 158 valence electrons. The van der Waals surface area contributed by atoms with E-state index >= 15 is 0 Å². The fraction of sp³-hybridized carbons (Fsp3) is 0.348. The van der Waals surface area contributed by atoms with Crippen molar-refractivity contribution in [1.29, 1.82) is 0 Å². The van der Waals surface area contributed by atoms with Gasteiger partial charge in [-0.3, -0.25) is 9.59 Å². The van der Waals surface area contributed by atoms with Gasteiger partial charge in [0.2, 0.25) is 17.8 Å². The van der Waals surface area contributed by atoms with Crippen LogP contribution in [0, 0.1) is 5.41 Å². The molecule has 1 aliphatic heterocycles. The summed E-state index contributed by atoms with van der Waals surface area (Å²) < 4.78 is 16.4.